The van der Waals surface area contributed by atoms with E-state index in [1.54, 1.807) is 11.0 Å². The Morgan fingerprint density at radius 2 is 1.82 bits per heavy atom. The van der Waals surface area contributed by atoms with Gasteiger partial charge in [-0.05, 0) is 61.5 Å². The van der Waals surface area contributed by atoms with Gasteiger partial charge in [-0.1, -0.05) is 19.1 Å². The van der Waals surface area contributed by atoms with Gasteiger partial charge in [0.15, 0.2) is 0 Å². The summed E-state index contributed by atoms with van der Waals surface area (Å²) in [6, 6.07) is 7.29. The van der Waals surface area contributed by atoms with E-state index in [0.29, 0.717) is 73.3 Å². The number of fused-ring (bicyclic) bond motifs is 1. The van der Waals surface area contributed by atoms with Crippen molar-refractivity contribution in [1.29, 1.82) is 0 Å². The zero-order valence-electron chi connectivity index (χ0n) is 24.3. The zero-order valence-corrected chi connectivity index (χ0v) is 25.9. The second-order valence-corrected chi connectivity index (χ2v) is 13.5. The predicted molar refractivity (Wildman–Crippen MR) is 160 cm³/mol. The van der Waals surface area contributed by atoms with Gasteiger partial charge in [-0.15, -0.1) is 23.1 Å². The highest BCUT2D eigenvalue weighted by molar-refractivity contribution is 7.99. The molecular formula is C30H31F6N5O2S2. The molecule has 2 saturated heterocycles. The van der Waals surface area contributed by atoms with Crippen LogP contribution in [0, 0.1) is 0 Å². The van der Waals surface area contributed by atoms with Crippen LogP contribution in [0.1, 0.15) is 52.0 Å². The summed E-state index contributed by atoms with van der Waals surface area (Å²) in [7, 11) is 0. The van der Waals surface area contributed by atoms with E-state index < -0.39 is 24.5 Å². The lowest BCUT2D eigenvalue weighted by atomic mass is 9.88. The summed E-state index contributed by atoms with van der Waals surface area (Å²) in [5.74, 6) is 0.511. The number of anilines is 2. The molecule has 1 aromatic carbocycles. The number of rotatable bonds is 7. The minimum absolute atomic E-state index is 0.0169. The van der Waals surface area contributed by atoms with E-state index in [1.165, 1.54) is 16.7 Å². The molecule has 2 aromatic heterocycles. The van der Waals surface area contributed by atoms with Crippen LogP contribution in [0.5, 0.6) is 0 Å². The number of aromatic nitrogens is 2. The molecule has 45 heavy (non-hydrogen) atoms. The van der Waals surface area contributed by atoms with E-state index >= 15 is 0 Å². The number of hydrogen-bond acceptors (Lipinski definition) is 8. The first-order valence-electron chi connectivity index (χ1n) is 14.7. The van der Waals surface area contributed by atoms with E-state index in [2.05, 4.69) is 15.3 Å². The van der Waals surface area contributed by atoms with Crippen LogP contribution in [0.2, 0.25) is 0 Å². The van der Waals surface area contributed by atoms with E-state index in [1.807, 2.05) is 25.1 Å². The largest absolute Gasteiger partial charge is 0.420 e. The molecule has 7 nitrogen and oxygen atoms in total. The average molecular weight is 672 g/mol. The van der Waals surface area contributed by atoms with Crippen molar-refractivity contribution in [2.75, 3.05) is 50.5 Å². The molecule has 0 spiro atoms. The molecule has 1 N–H and O–H groups in total. The fourth-order valence-electron chi connectivity index (χ4n) is 5.90. The topological polar surface area (TPSA) is 70.6 Å². The zero-order chi connectivity index (χ0) is 31.9. The Labute approximate surface area is 264 Å². The van der Waals surface area contributed by atoms with Gasteiger partial charge < -0.3 is 15.0 Å². The minimum atomic E-state index is -4.71. The summed E-state index contributed by atoms with van der Waals surface area (Å²) in [4.78, 5) is 26.1. The number of thiophene rings is 1. The summed E-state index contributed by atoms with van der Waals surface area (Å²) >= 11 is 2.44. The molecule has 15 heteroatoms. The summed E-state index contributed by atoms with van der Waals surface area (Å²) in [6.45, 7) is 3.20. The molecule has 3 aliphatic heterocycles. The summed E-state index contributed by atoms with van der Waals surface area (Å²) < 4.78 is 86.0. The van der Waals surface area contributed by atoms with Crippen molar-refractivity contribution in [3.05, 3.63) is 52.0 Å². The Morgan fingerprint density at radius 3 is 2.47 bits per heavy atom. The number of carbonyl (C=O) groups is 1. The van der Waals surface area contributed by atoms with Gasteiger partial charge in [-0.2, -0.15) is 26.3 Å². The van der Waals surface area contributed by atoms with Crippen LogP contribution < -0.4 is 5.32 Å². The molecule has 0 bridgehead atoms. The van der Waals surface area contributed by atoms with Crippen LogP contribution in [-0.2, 0) is 17.3 Å². The smallest absolute Gasteiger partial charge is 0.377 e. The van der Waals surface area contributed by atoms with E-state index in [4.69, 9.17) is 4.74 Å². The van der Waals surface area contributed by atoms with Crippen molar-refractivity contribution in [2.45, 2.75) is 55.4 Å². The number of thioether (sulfide) groups is 1. The molecule has 0 unspecified atom stereocenters. The van der Waals surface area contributed by atoms with Gasteiger partial charge in [0.25, 0.3) is 5.91 Å². The van der Waals surface area contributed by atoms with Crippen LogP contribution in [0.25, 0.3) is 10.6 Å². The lowest BCUT2D eigenvalue weighted by molar-refractivity contribution is -0.148. The number of likely N-dealkylation sites (tertiary alicyclic amines) is 1. The Bertz CT molecular complexity index is 1550. The molecule has 242 valence electrons. The molecule has 2 fully saturated rings. The molecule has 3 aromatic rings. The number of carbonyl (C=O) groups excluding carboxylic acids is 1. The van der Waals surface area contributed by atoms with Gasteiger partial charge in [0.2, 0.25) is 5.95 Å². The number of alkyl halides is 6. The van der Waals surface area contributed by atoms with Crippen molar-refractivity contribution < 1.29 is 35.9 Å². The summed E-state index contributed by atoms with van der Waals surface area (Å²) in [6.07, 6.45) is -6.35. The van der Waals surface area contributed by atoms with Crippen molar-refractivity contribution in [2.24, 2.45) is 0 Å². The molecule has 0 atom stereocenters. The van der Waals surface area contributed by atoms with E-state index in [-0.39, 0.29) is 34.4 Å². The Balaban J connectivity index is 1.24. The number of nitrogens with one attached hydrogen (secondary N) is 1. The Morgan fingerprint density at radius 1 is 1.07 bits per heavy atom. The Kier molecular flexibility index (Phi) is 9.07. The fraction of sp³-hybridized carbons (Fsp3) is 0.500. The first-order valence-corrected chi connectivity index (χ1v) is 16.5. The maximum absolute atomic E-state index is 14.1. The number of amides is 1. The molecule has 3 aliphatic rings. The lowest BCUT2D eigenvalue weighted by Crippen LogP contribution is -2.52. The van der Waals surface area contributed by atoms with Crippen LogP contribution in [0.15, 0.2) is 35.4 Å². The van der Waals surface area contributed by atoms with Gasteiger partial charge >= 0.3 is 12.4 Å². The quantitative estimate of drug-likeness (QED) is 0.266. The highest BCUT2D eigenvalue weighted by atomic mass is 32.2. The molecule has 5 heterocycles. The third kappa shape index (κ3) is 7.10. The number of benzene rings is 1. The SMILES string of the molecule is CCc1cc(C2CCN(CC(F)(F)F)CC2)ccc1Nc1ncc(C(F)(F)F)c(-c2cc3c(s2)C(=O)N(C2COC2)CCS3)n1. The second kappa shape index (κ2) is 12.7. The van der Waals surface area contributed by atoms with Crippen LogP contribution >= 0.6 is 23.1 Å². The van der Waals surface area contributed by atoms with Crippen molar-refractivity contribution >= 4 is 40.6 Å². The van der Waals surface area contributed by atoms with Gasteiger partial charge in [0.1, 0.15) is 10.4 Å². The summed E-state index contributed by atoms with van der Waals surface area (Å²) in [5.41, 5.74) is 1.25. The molecule has 6 rings (SSSR count). The number of halogens is 6. The van der Waals surface area contributed by atoms with Crippen molar-refractivity contribution in [3.63, 3.8) is 0 Å². The van der Waals surface area contributed by atoms with Crippen LogP contribution in [0.4, 0.5) is 38.0 Å². The summed E-state index contributed by atoms with van der Waals surface area (Å²) in [5, 5.41) is 3.08. The average Bonchev–Trinajstić information content (AvgIpc) is 3.32. The lowest BCUT2D eigenvalue weighted by Gasteiger charge is -2.36. The first-order chi connectivity index (χ1) is 21.4. The fourth-order valence-corrected chi connectivity index (χ4v) is 8.22. The molecule has 0 radical (unpaired) electrons. The number of piperidine rings is 1. The third-order valence-corrected chi connectivity index (χ3v) is 10.6. The van der Waals surface area contributed by atoms with Gasteiger partial charge in [-0.25, -0.2) is 9.97 Å². The monoisotopic (exact) mass is 671 g/mol. The maximum Gasteiger partial charge on any atom is 0.420 e. The highest BCUT2D eigenvalue weighted by Crippen LogP contribution is 2.44. The maximum atomic E-state index is 14.1. The number of hydrogen-bond donors (Lipinski definition) is 1. The molecule has 0 aliphatic carbocycles. The number of ether oxygens (including phenoxy) is 1. The number of aryl methyl sites for hydroxylation is 1. The first kappa shape index (κ1) is 32.1. The van der Waals surface area contributed by atoms with Gasteiger partial charge in [0, 0.05) is 29.1 Å². The molecular weight excluding hydrogens is 640 g/mol. The number of nitrogens with zero attached hydrogens (tertiary/aromatic N) is 4. The van der Waals surface area contributed by atoms with Crippen molar-refractivity contribution in [3.8, 4) is 10.6 Å². The van der Waals surface area contributed by atoms with E-state index in [0.717, 1.165) is 28.7 Å². The minimum Gasteiger partial charge on any atom is -0.377 e. The van der Waals surface area contributed by atoms with E-state index in [9.17, 15) is 31.1 Å². The molecule has 1 amide bonds. The Hall–Kier alpha value is -2.88. The normalized spacial score (nSPS) is 18.9. The van der Waals surface area contributed by atoms with Crippen molar-refractivity contribution in [1.82, 2.24) is 19.8 Å². The third-order valence-electron chi connectivity index (χ3n) is 8.35. The van der Waals surface area contributed by atoms with Crippen LogP contribution in [-0.4, -0.2) is 83.0 Å². The predicted octanol–water partition coefficient (Wildman–Crippen LogP) is 7.22. The standard InChI is InChI=1S/C30H31F6N5O2S2/c1-2-17-11-19(18-5-7-40(8-6-18)16-29(31,32)33)3-4-22(17)38-28-37-13-21(30(34,35)36)25(39-28)23-12-24-26(45-23)27(42)41(9-10-44-24)20-14-43-15-20/h3-4,11-13,18,20H,2,5-10,14-16H2,1H3,(H,37,38,39). The second-order valence-electron chi connectivity index (χ2n) is 11.4. The highest BCUT2D eigenvalue weighted by Gasteiger charge is 2.38. The van der Waals surface area contributed by atoms with Crippen LogP contribution in [0.3, 0.4) is 0 Å². The molecule has 0 saturated carbocycles. The van der Waals surface area contributed by atoms with Gasteiger partial charge in [0.05, 0.1) is 36.4 Å². The van der Waals surface area contributed by atoms with Gasteiger partial charge in [-0.3, -0.25) is 9.69 Å².